The average Bonchev–Trinajstić information content (AvgIpc) is 3.83. The fourth-order valence-corrected chi connectivity index (χ4v) is 8.09. The van der Waals surface area contributed by atoms with Crippen LogP contribution in [0.4, 0.5) is 5.82 Å². The molecule has 5 N–H and O–H groups in total. The van der Waals surface area contributed by atoms with Gasteiger partial charge in [0.2, 0.25) is 5.78 Å². The van der Waals surface area contributed by atoms with Gasteiger partial charge in [-0.25, -0.2) is 33.9 Å². The van der Waals surface area contributed by atoms with Crippen molar-refractivity contribution >= 4 is 71.5 Å². The van der Waals surface area contributed by atoms with Gasteiger partial charge in [-0.1, -0.05) is 19.2 Å². The molecule has 0 spiro atoms. The van der Waals surface area contributed by atoms with E-state index in [-0.39, 0.29) is 41.4 Å². The van der Waals surface area contributed by atoms with Crippen LogP contribution in [0.1, 0.15) is 25.6 Å². The molecule has 2 aliphatic rings. The number of hydrogen-bond donors (Lipinski definition) is 5. The molecule has 1 saturated carbocycles. The van der Waals surface area contributed by atoms with Gasteiger partial charge in [0.05, 0.1) is 25.9 Å². The number of thiol groups is 1. The zero-order valence-electron chi connectivity index (χ0n) is 24.7. The van der Waals surface area contributed by atoms with E-state index >= 15 is 0 Å². The lowest BCUT2D eigenvalue weighted by atomic mass is 9.70. The van der Waals surface area contributed by atoms with Crippen molar-refractivity contribution in [3.8, 4) is 0 Å². The second kappa shape index (κ2) is 12.3. The maximum Gasteiger partial charge on any atom is 0.386 e. The van der Waals surface area contributed by atoms with Crippen LogP contribution in [0.2, 0.25) is 0 Å². The van der Waals surface area contributed by atoms with Gasteiger partial charge in [0.1, 0.15) is 35.8 Å². The smallest absolute Gasteiger partial charge is 0.386 e. The van der Waals surface area contributed by atoms with Crippen molar-refractivity contribution in [2.75, 3.05) is 26.1 Å². The third-order valence-corrected chi connectivity index (χ3v) is 12.0. The Morgan fingerprint density at radius 2 is 1.94 bits per heavy atom. The highest BCUT2D eigenvalue weighted by atomic mass is 32.7. The lowest BCUT2D eigenvalue weighted by Crippen LogP contribution is -2.39. The van der Waals surface area contributed by atoms with Crippen LogP contribution in [0.3, 0.4) is 0 Å². The number of aliphatic hydroxyl groups is 1. The summed E-state index contributed by atoms with van der Waals surface area (Å²) in [4.78, 5) is 47.1. The van der Waals surface area contributed by atoms with Gasteiger partial charge >= 0.3 is 13.5 Å². The van der Waals surface area contributed by atoms with E-state index in [0.717, 1.165) is 0 Å². The number of fused-ring (bicyclic) bond motifs is 3. The first-order valence-corrected chi connectivity index (χ1v) is 19.5. The first-order valence-electron chi connectivity index (χ1n) is 14.2. The van der Waals surface area contributed by atoms with E-state index in [9.17, 15) is 19.4 Å². The van der Waals surface area contributed by atoms with Gasteiger partial charge in [-0.05, 0) is 30.1 Å². The molecule has 1 aliphatic heterocycles. The van der Waals surface area contributed by atoms with Gasteiger partial charge in [-0.3, -0.25) is 13.9 Å². The fraction of sp³-hybridized carbons (Fsp3) is 0.500. The normalized spacial score (nSPS) is 28.9. The number of nitrogens with two attached hydrogens (primary N) is 1. The first kappa shape index (κ1) is 32.7. The minimum absolute atomic E-state index is 0.00947. The molecule has 6 heterocycles. The number of ether oxygens (including phenoxy) is 1. The Morgan fingerprint density at radius 1 is 1.17 bits per heavy atom. The molecule has 5 aromatic rings. The Morgan fingerprint density at radius 3 is 2.70 bits per heavy atom. The van der Waals surface area contributed by atoms with Crippen LogP contribution in [-0.4, -0.2) is 92.1 Å². The molecule has 5 aromatic heterocycles. The molecule has 0 radical (unpaired) electrons. The third kappa shape index (κ3) is 5.93. The average molecular weight is 729 g/mol. The molecule has 23 heteroatoms. The molecule has 47 heavy (non-hydrogen) atoms. The Kier molecular flexibility index (Phi) is 8.54. The van der Waals surface area contributed by atoms with E-state index in [4.69, 9.17) is 40.4 Å². The summed E-state index contributed by atoms with van der Waals surface area (Å²) >= 11 is 9.12. The zero-order chi connectivity index (χ0) is 33.2. The highest BCUT2D eigenvalue weighted by molar-refractivity contribution is 8.44. The second-order valence-corrected chi connectivity index (χ2v) is 17.1. The minimum Gasteiger partial charge on any atom is -0.387 e. The van der Waals surface area contributed by atoms with Gasteiger partial charge in [0.25, 0.3) is 5.56 Å². The number of H-pyrrole nitrogens is 1. The van der Waals surface area contributed by atoms with Crippen molar-refractivity contribution in [1.29, 1.82) is 0 Å². The number of nitrogens with zero attached hydrogens (tertiary/aromatic N) is 8. The summed E-state index contributed by atoms with van der Waals surface area (Å²) in [6.45, 7) is -6.07. The van der Waals surface area contributed by atoms with Gasteiger partial charge in [0, 0.05) is 25.5 Å². The minimum atomic E-state index is -4.14. The first-order chi connectivity index (χ1) is 22.4. The van der Waals surface area contributed by atoms with E-state index in [0.29, 0.717) is 23.4 Å². The Bertz CT molecular complexity index is 2120. The molecule has 7 rings (SSSR count). The maximum atomic E-state index is 13.6. The molecule has 0 amide bonds. The SMILES string of the molecule is COP(O)(=S)OC[C@H]1O[C@@H](n2cnc3c(=O)n4ccnc4[nH]c32)[C@H](OP(=O)(S)OC[C@H]2C[C@@H](n3cnc4c(N)ncnc43)[C@@H]2C)[C@@H]1O. The lowest BCUT2D eigenvalue weighted by Gasteiger charge is -2.43. The lowest BCUT2D eigenvalue weighted by molar-refractivity contribution is -0.0475. The summed E-state index contributed by atoms with van der Waals surface area (Å²) < 4.78 is 46.1. The number of anilines is 1. The largest absolute Gasteiger partial charge is 0.387 e. The quantitative estimate of drug-likeness (QED) is 0.0958. The van der Waals surface area contributed by atoms with Crippen LogP contribution in [0.15, 0.2) is 36.2 Å². The summed E-state index contributed by atoms with van der Waals surface area (Å²) in [5.74, 6) is 0.604. The van der Waals surface area contributed by atoms with Gasteiger partial charge < -0.3 is 43.6 Å². The maximum absolute atomic E-state index is 13.6. The standard InChI is InChI=1S/C24H30N10O9P2S2/c1-11-12(5-13(11)33-9-29-15-19(25)27-8-28-20(15)33)6-40-45(38,47)43-18-17(35)14(7-41-44(37,46)39-2)42-23(18)34-10-30-16-21(34)31-24-26-3-4-32(24)22(16)36/h3-4,8-14,17-18,23,35H,5-7H2,1-2H3,(H,26,31)(H,37,46)(H,38,47)(H2,25,27,28)/t11-,12-,13-,14-,17-,18-,23-,44?,45?/m1/s1. The van der Waals surface area contributed by atoms with Gasteiger partial charge in [0.15, 0.2) is 23.2 Å². The molecule has 1 aliphatic carbocycles. The number of aromatic nitrogens is 9. The second-order valence-electron chi connectivity index (χ2n) is 11.2. The van der Waals surface area contributed by atoms with Crippen molar-refractivity contribution < 1.29 is 37.4 Å². The third-order valence-electron chi connectivity index (χ3n) is 8.65. The Hall–Kier alpha value is -2.81. The predicted molar refractivity (Wildman–Crippen MR) is 172 cm³/mol. The monoisotopic (exact) mass is 728 g/mol. The van der Waals surface area contributed by atoms with Crippen LogP contribution in [0.5, 0.6) is 0 Å². The number of rotatable bonds is 11. The van der Waals surface area contributed by atoms with Crippen molar-refractivity contribution in [2.24, 2.45) is 11.8 Å². The number of nitrogens with one attached hydrogen (secondary N) is 1. The van der Waals surface area contributed by atoms with E-state index in [2.05, 4.69) is 42.2 Å². The Balaban J connectivity index is 1.09. The molecule has 9 atom stereocenters. The van der Waals surface area contributed by atoms with E-state index in [1.807, 2.05) is 11.5 Å². The molecule has 1 saturated heterocycles. The predicted octanol–water partition coefficient (Wildman–Crippen LogP) is 1.57. The zero-order valence-corrected chi connectivity index (χ0v) is 28.2. The number of aliphatic hydroxyl groups excluding tert-OH is 1. The highest BCUT2D eigenvalue weighted by Gasteiger charge is 2.50. The van der Waals surface area contributed by atoms with Crippen molar-refractivity contribution in [2.45, 2.75) is 43.9 Å². The number of hydrogen-bond acceptors (Lipinski definition) is 15. The molecule has 2 unspecified atom stereocenters. The summed E-state index contributed by atoms with van der Waals surface area (Å²) in [5.41, 5.74) is 6.88. The highest BCUT2D eigenvalue weighted by Crippen LogP contribution is 2.58. The van der Waals surface area contributed by atoms with E-state index < -0.39 is 50.2 Å². The van der Waals surface area contributed by atoms with E-state index in [1.165, 1.54) is 41.1 Å². The summed E-state index contributed by atoms with van der Waals surface area (Å²) in [5, 5.41) is 11.3. The number of aromatic amines is 1. The van der Waals surface area contributed by atoms with Crippen molar-refractivity contribution in [3.05, 3.63) is 41.7 Å². The molecular formula is C24H30N10O9P2S2. The number of imidazole rings is 3. The van der Waals surface area contributed by atoms with Crippen molar-refractivity contribution in [1.82, 2.24) is 43.4 Å². The van der Waals surface area contributed by atoms with Gasteiger partial charge in [-0.2, -0.15) is 0 Å². The summed E-state index contributed by atoms with van der Waals surface area (Å²) in [6, 6.07) is 0.0505. The van der Waals surface area contributed by atoms with Crippen molar-refractivity contribution in [3.63, 3.8) is 0 Å². The molecule has 19 nitrogen and oxygen atoms in total. The topological polar surface area (TPSA) is 241 Å². The fourth-order valence-electron chi connectivity index (χ4n) is 5.96. The van der Waals surface area contributed by atoms with E-state index in [1.54, 1.807) is 6.33 Å². The Labute approximate surface area is 275 Å². The van der Waals surface area contributed by atoms with Crippen LogP contribution < -0.4 is 11.3 Å². The molecule has 0 aromatic carbocycles. The molecule has 0 bridgehead atoms. The molecular weight excluding hydrogens is 698 g/mol. The molecule has 252 valence electrons. The molecule has 2 fully saturated rings. The van der Waals surface area contributed by atoms with Crippen LogP contribution in [-0.2, 0) is 39.2 Å². The summed E-state index contributed by atoms with van der Waals surface area (Å²) in [7, 11) is 1.19. The van der Waals surface area contributed by atoms with Gasteiger partial charge in [-0.15, -0.1) is 0 Å². The van der Waals surface area contributed by atoms with Crippen LogP contribution in [0.25, 0.3) is 28.1 Å². The van der Waals surface area contributed by atoms with Crippen LogP contribution >= 0.6 is 25.8 Å². The number of nitrogen functional groups attached to an aromatic ring is 1. The summed E-state index contributed by atoms with van der Waals surface area (Å²) in [6.07, 6.45) is 2.78. The van der Waals surface area contributed by atoms with Crippen LogP contribution in [0, 0.1) is 11.8 Å².